The minimum Gasteiger partial charge on any atom is -0.343 e. The van der Waals surface area contributed by atoms with Gasteiger partial charge in [0.25, 0.3) is 0 Å². The molecule has 0 aromatic carbocycles. The summed E-state index contributed by atoms with van der Waals surface area (Å²) in [5.41, 5.74) is 0.634. The average molecular weight is 338 g/mol. The molecule has 0 spiro atoms. The molecule has 0 saturated carbocycles. The number of rotatable bonds is 2. The lowest BCUT2D eigenvalue weighted by Crippen LogP contribution is -2.07. The van der Waals surface area contributed by atoms with Crippen molar-refractivity contribution >= 4 is 5.78 Å². The fourth-order valence-corrected chi connectivity index (χ4v) is 2.20. The Kier molecular flexibility index (Phi) is 2.88. The zero-order valence-electron chi connectivity index (χ0n) is 11.5. The topological polar surface area (TPSA) is 100 Å². The molecule has 122 valence electrons. The van der Waals surface area contributed by atoms with Crippen LogP contribution in [0.5, 0.6) is 0 Å². The van der Waals surface area contributed by atoms with Crippen LogP contribution < -0.4 is 0 Å². The zero-order valence-corrected chi connectivity index (χ0v) is 11.5. The number of hydrogen-bond acceptors (Lipinski definition) is 5. The Bertz CT molecular complexity index is 1010. The molecule has 12 heteroatoms. The van der Waals surface area contributed by atoms with E-state index in [9.17, 15) is 17.6 Å². The van der Waals surface area contributed by atoms with Crippen LogP contribution in [-0.2, 0) is 6.18 Å². The second-order valence-corrected chi connectivity index (χ2v) is 4.72. The molecule has 0 aliphatic rings. The van der Waals surface area contributed by atoms with Crippen molar-refractivity contribution < 1.29 is 17.6 Å². The van der Waals surface area contributed by atoms with Gasteiger partial charge in [-0.2, -0.15) is 18.3 Å². The number of alkyl halides is 3. The van der Waals surface area contributed by atoms with Gasteiger partial charge in [0.05, 0.1) is 30.6 Å². The maximum Gasteiger partial charge on any atom is 0.451 e. The molecule has 0 fully saturated rings. The molecule has 4 aromatic rings. The fraction of sp³-hybridized carbons (Fsp3) is 0.0833. The van der Waals surface area contributed by atoms with Gasteiger partial charge in [0.1, 0.15) is 11.4 Å². The quantitative estimate of drug-likeness (QED) is 0.545. The van der Waals surface area contributed by atoms with Gasteiger partial charge in [-0.3, -0.25) is 9.50 Å². The summed E-state index contributed by atoms with van der Waals surface area (Å²) < 4.78 is 52.9. The Hall–Kier alpha value is -3.31. The molecule has 0 aliphatic heterocycles. The highest BCUT2D eigenvalue weighted by molar-refractivity contribution is 5.76. The van der Waals surface area contributed by atoms with E-state index in [0.717, 1.165) is 12.4 Å². The number of H-pyrrole nitrogens is 2. The SMILES string of the molecule is Fc1cnc2nc(-c3n[nH]c(C(F)(F)F)n3)c(-c3cnc[nH]3)n2c1. The van der Waals surface area contributed by atoms with Gasteiger partial charge in [-0.15, -0.1) is 0 Å². The normalized spacial score (nSPS) is 12.2. The lowest BCUT2D eigenvalue weighted by Gasteiger charge is -2.00. The molecule has 24 heavy (non-hydrogen) atoms. The van der Waals surface area contributed by atoms with E-state index in [2.05, 4.69) is 30.0 Å². The molecule has 0 radical (unpaired) electrons. The first-order valence-corrected chi connectivity index (χ1v) is 6.46. The Morgan fingerprint density at radius 1 is 1.12 bits per heavy atom. The van der Waals surface area contributed by atoms with Crippen molar-refractivity contribution in [2.75, 3.05) is 0 Å². The summed E-state index contributed by atoms with van der Waals surface area (Å²) in [5, 5.41) is 5.37. The largest absolute Gasteiger partial charge is 0.451 e. The minimum absolute atomic E-state index is 0.00380. The van der Waals surface area contributed by atoms with Crippen LogP contribution in [0.2, 0.25) is 0 Å². The number of hydrogen-bond donors (Lipinski definition) is 2. The number of nitrogens with one attached hydrogen (secondary N) is 2. The molecule has 0 aliphatic carbocycles. The molecule has 4 aromatic heterocycles. The molecule has 0 atom stereocenters. The summed E-state index contributed by atoms with van der Waals surface area (Å²) in [6.07, 6.45) is 0.150. The van der Waals surface area contributed by atoms with Crippen LogP contribution in [0.15, 0.2) is 24.9 Å². The van der Waals surface area contributed by atoms with Crippen molar-refractivity contribution in [2.24, 2.45) is 0 Å². The van der Waals surface area contributed by atoms with Crippen molar-refractivity contribution in [1.29, 1.82) is 0 Å². The van der Waals surface area contributed by atoms with Crippen LogP contribution in [0, 0.1) is 5.82 Å². The predicted molar refractivity (Wildman–Crippen MR) is 70.9 cm³/mol. The van der Waals surface area contributed by atoms with Crippen LogP contribution in [-0.4, -0.2) is 39.5 Å². The van der Waals surface area contributed by atoms with Gasteiger partial charge in [0.2, 0.25) is 17.4 Å². The van der Waals surface area contributed by atoms with Gasteiger partial charge in [0, 0.05) is 0 Å². The fourth-order valence-electron chi connectivity index (χ4n) is 2.20. The van der Waals surface area contributed by atoms with Gasteiger partial charge < -0.3 is 4.98 Å². The first-order valence-electron chi connectivity index (χ1n) is 6.46. The van der Waals surface area contributed by atoms with E-state index >= 15 is 0 Å². The third-order valence-corrected chi connectivity index (χ3v) is 3.17. The predicted octanol–water partition coefficient (Wildman–Crippen LogP) is 2.06. The molecule has 0 unspecified atom stereocenters. The number of fused-ring (bicyclic) bond motifs is 1. The summed E-state index contributed by atoms with van der Waals surface area (Å²) in [6, 6.07) is 0. The van der Waals surface area contributed by atoms with E-state index in [1.54, 1.807) is 0 Å². The van der Waals surface area contributed by atoms with Crippen LogP contribution in [0.4, 0.5) is 17.6 Å². The number of nitrogens with zero attached hydrogens (tertiary/aromatic N) is 6. The summed E-state index contributed by atoms with van der Waals surface area (Å²) in [7, 11) is 0. The number of aromatic nitrogens is 8. The highest BCUT2D eigenvalue weighted by Gasteiger charge is 2.36. The molecule has 0 bridgehead atoms. The van der Waals surface area contributed by atoms with Crippen molar-refractivity contribution in [3.05, 3.63) is 36.6 Å². The third-order valence-electron chi connectivity index (χ3n) is 3.17. The van der Waals surface area contributed by atoms with Gasteiger partial charge in [-0.25, -0.2) is 24.3 Å². The molecular formula is C12H6F4N8. The second kappa shape index (κ2) is 4.84. The molecule has 8 nitrogen and oxygen atoms in total. The highest BCUT2D eigenvalue weighted by Crippen LogP contribution is 2.32. The summed E-state index contributed by atoms with van der Waals surface area (Å²) in [6.45, 7) is 0. The van der Waals surface area contributed by atoms with Crippen LogP contribution in [0.3, 0.4) is 0 Å². The lowest BCUT2D eigenvalue weighted by atomic mass is 10.2. The number of imidazole rings is 2. The van der Waals surface area contributed by atoms with E-state index in [1.165, 1.54) is 16.9 Å². The highest BCUT2D eigenvalue weighted by atomic mass is 19.4. The van der Waals surface area contributed by atoms with Gasteiger partial charge in [-0.05, 0) is 0 Å². The maximum absolute atomic E-state index is 13.5. The smallest absolute Gasteiger partial charge is 0.343 e. The molecular weight excluding hydrogens is 332 g/mol. The average Bonchev–Trinajstić information content (AvgIpc) is 3.24. The standard InChI is InChI=1S/C12H6F4N8/c13-5-1-18-11-20-7(9-21-10(23-22-9)12(14,15)16)8(24(11)3-5)6-2-17-4-19-6/h1-4H,(H,17,19)(H,21,22,23). The summed E-state index contributed by atoms with van der Waals surface area (Å²) in [5.74, 6) is -2.12. The number of aromatic amines is 2. The van der Waals surface area contributed by atoms with Crippen molar-refractivity contribution in [1.82, 2.24) is 39.5 Å². The molecule has 4 heterocycles. The van der Waals surface area contributed by atoms with Crippen molar-refractivity contribution in [2.45, 2.75) is 6.18 Å². The van der Waals surface area contributed by atoms with E-state index in [0.29, 0.717) is 5.69 Å². The Balaban J connectivity index is 1.98. The monoisotopic (exact) mass is 338 g/mol. The lowest BCUT2D eigenvalue weighted by molar-refractivity contribution is -0.144. The third kappa shape index (κ3) is 2.19. The van der Waals surface area contributed by atoms with Gasteiger partial charge >= 0.3 is 6.18 Å². The molecule has 0 amide bonds. The Morgan fingerprint density at radius 2 is 1.96 bits per heavy atom. The van der Waals surface area contributed by atoms with Gasteiger partial charge in [-0.1, -0.05) is 0 Å². The van der Waals surface area contributed by atoms with Crippen LogP contribution in [0.25, 0.3) is 28.7 Å². The second-order valence-electron chi connectivity index (χ2n) is 4.72. The van der Waals surface area contributed by atoms with Crippen molar-refractivity contribution in [3.8, 4) is 22.9 Å². The Morgan fingerprint density at radius 3 is 2.62 bits per heavy atom. The first kappa shape index (κ1) is 14.3. The Labute approximate surface area is 129 Å². The van der Waals surface area contributed by atoms with E-state index in [1.807, 2.05) is 5.10 Å². The summed E-state index contributed by atoms with van der Waals surface area (Å²) in [4.78, 5) is 18.0. The summed E-state index contributed by atoms with van der Waals surface area (Å²) >= 11 is 0. The molecule has 0 saturated heterocycles. The van der Waals surface area contributed by atoms with Crippen LogP contribution >= 0.6 is 0 Å². The maximum atomic E-state index is 13.5. The zero-order chi connectivity index (χ0) is 16.9. The molecule has 2 N–H and O–H groups in total. The van der Waals surface area contributed by atoms with E-state index < -0.39 is 17.8 Å². The first-order chi connectivity index (χ1) is 11.4. The van der Waals surface area contributed by atoms with Gasteiger partial charge in [0.15, 0.2) is 5.82 Å². The minimum atomic E-state index is -4.68. The van der Waals surface area contributed by atoms with E-state index in [4.69, 9.17) is 0 Å². The number of halogens is 4. The molecule has 4 rings (SSSR count). The van der Waals surface area contributed by atoms with E-state index in [-0.39, 0.29) is 23.0 Å². The van der Waals surface area contributed by atoms with Crippen LogP contribution in [0.1, 0.15) is 5.82 Å². The van der Waals surface area contributed by atoms with Crippen molar-refractivity contribution in [3.63, 3.8) is 0 Å².